The van der Waals surface area contributed by atoms with Crippen LogP contribution in [0, 0.1) is 6.92 Å². The van der Waals surface area contributed by atoms with E-state index in [9.17, 15) is 9.59 Å². The summed E-state index contributed by atoms with van der Waals surface area (Å²) in [5.74, 6) is 0.827. The highest BCUT2D eigenvalue weighted by Crippen LogP contribution is 2.33. The molecule has 2 aromatic carbocycles. The monoisotopic (exact) mass is 392 g/mol. The smallest absolute Gasteiger partial charge is 0.231 e. The van der Waals surface area contributed by atoms with Crippen LogP contribution in [0.2, 0.25) is 0 Å². The van der Waals surface area contributed by atoms with Gasteiger partial charge in [0.05, 0.1) is 18.2 Å². The van der Waals surface area contributed by atoms with E-state index in [0.717, 1.165) is 27.8 Å². The Balaban J connectivity index is 1.47. The highest BCUT2D eigenvalue weighted by atomic mass is 32.2. The Morgan fingerprint density at radius 3 is 2.75 bits per heavy atom. The maximum Gasteiger partial charge on any atom is 0.231 e. The number of fused-ring (bicyclic) bond motifs is 1. The van der Waals surface area contributed by atoms with Gasteiger partial charge in [0, 0.05) is 11.3 Å². The second kappa shape index (κ2) is 7.59. The third kappa shape index (κ3) is 3.57. The van der Waals surface area contributed by atoms with Gasteiger partial charge in [0.15, 0.2) is 10.9 Å². The molecule has 1 amide bonds. The predicted octanol–water partition coefficient (Wildman–Crippen LogP) is 3.67. The van der Waals surface area contributed by atoms with E-state index in [-0.39, 0.29) is 23.4 Å². The number of carbonyl (C=O) groups excluding carboxylic acids is 2. The Hall–Kier alpha value is -2.93. The van der Waals surface area contributed by atoms with E-state index in [1.54, 1.807) is 12.1 Å². The summed E-state index contributed by atoms with van der Waals surface area (Å²) in [6, 6.07) is 15.5. The van der Waals surface area contributed by atoms with Crippen molar-refractivity contribution in [3.05, 3.63) is 71.0 Å². The van der Waals surface area contributed by atoms with Crippen LogP contribution >= 0.6 is 11.8 Å². The quantitative estimate of drug-likeness (QED) is 0.512. The van der Waals surface area contributed by atoms with E-state index < -0.39 is 0 Å². The van der Waals surface area contributed by atoms with Gasteiger partial charge in [-0.3, -0.25) is 9.59 Å². The summed E-state index contributed by atoms with van der Waals surface area (Å²) in [5.41, 5.74) is 3.44. The lowest BCUT2D eigenvalue weighted by Gasteiger charge is -2.09. The Morgan fingerprint density at radius 1 is 1.18 bits per heavy atom. The molecule has 4 rings (SSSR count). The van der Waals surface area contributed by atoms with E-state index in [1.165, 1.54) is 11.8 Å². The van der Waals surface area contributed by atoms with Crippen molar-refractivity contribution < 1.29 is 9.59 Å². The van der Waals surface area contributed by atoms with E-state index in [2.05, 4.69) is 27.6 Å². The van der Waals surface area contributed by atoms with Gasteiger partial charge < -0.3 is 9.88 Å². The number of aromatic nitrogens is 3. The predicted molar refractivity (Wildman–Crippen MR) is 109 cm³/mol. The SMILES string of the molecule is Cc1nnc(SCC(=O)c2ccc3c(c2)[C@H](C)C(=O)N3)n1Cc1ccccc1. The fourth-order valence-corrected chi connectivity index (χ4v) is 4.10. The Bertz CT molecular complexity index is 1050. The molecule has 0 aliphatic carbocycles. The summed E-state index contributed by atoms with van der Waals surface area (Å²) in [6.07, 6.45) is 0. The Kier molecular flexibility index (Phi) is 5.00. The average Bonchev–Trinajstić information content (AvgIpc) is 3.20. The van der Waals surface area contributed by atoms with Gasteiger partial charge in [-0.1, -0.05) is 42.1 Å². The zero-order valence-corrected chi connectivity index (χ0v) is 16.5. The molecule has 28 heavy (non-hydrogen) atoms. The minimum atomic E-state index is -0.230. The molecule has 3 aromatic rings. The highest BCUT2D eigenvalue weighted by molar-refractivity contribution is 7.99. The first kappa shape index (κ1) is 18.4. The van der Waals surface area contributed by atoms with Gasteiger partial charge in [-0.25, -0.2) is 0 Å². The first-order chi connectivity index (χ1) is 13.5. The molecule has 0 spiro atoms. The molecule has 6 nitrogen and oxygen atoms in total. The third-order valence-corrected chi connectivity index (χ3v) is 5.88. The largest absolute Gasteiger partial charge is 0.325 e. The van der Waals surface area contributed by atoms with Gasteiger partial charge in [0.25, 0.3) is 0 Å². The number of hydrogen-bond donors (Lipinski definition) is 1. The van der Waals surface area contributed by atoms with Gasteiger partial charge in [0.1, 0.15) is 5.82 Å². The zero-order chi connectivity index (χ0) is 19.7. The molecule has 142 valence electrons. The molecule has 1 N–H and O–H groups in total. The maximum absolute atomic E-state index is 12.7. The van der Waals surface area contributed by atoms with Gasteiger partial charge in [0.2, 0.25) is 5.91 Å². The first-order valence-corrected chi connectivity index (χ1v) is 10.1. The lowest BCUT2D eigenvalue weighted by atomic mass is 9.99. The van der Waals surface area contributed by atoms with E-state index in [1.807, 2.05) is 42.7 Å². The molecule has 1 aliphatic rings. The van der Waals surface area contributed by atoms with Crippen molar-refractivity contribution in [1.82, 2.24) is 14.8 Å². The van der Waals surface area contributed by atoms with Crippen LogP contribution < -0.4 is 5.32 Å². The number of amides is 1. The molecule has 7 heteroatoms. The van der Waals surface area contributed by atoms with Crippen LogP contribution in [0.5, 0.6) is 0 Å². The van der Waals surface area contributed by atoms with E-state index >= 15 is 0 Å². The lowest BCUT2D eigenvalue weighted by molar-refractivity contribution is -0.116. The van der Waals surface area contributed by atoms with Gasteiger partial charge in [-0.05, 0) is 43.2 Å². The third-order valence-electron chi connectivity index (χ3n) is 4.91. The zero-order valence-electron chi connectivity index (χ0n) is 15.7. The van der Waals surface area contributed by atoms with Gasteiger partial charge in [-0.15, -0.1) is 10.2 Å². The number of thioether (sulfide) groups is 1. The molecule has 1 aromatic heterocycles. The summed E-state index contributed by atoms with van der Waals surface area (Å²) < 4.78 is 2.01. The Labute approximate surface area is 167 Å². The van der Waals surface area contributed by atoms with Crippen molar-refractivity contribution in [1.29, 1.82) is 0 Å². The molecule has 1 atom stereocenters. The average molecular weight is 392 g/mol. The number of nitrogens with one attached hydrogen (secondary N) is 1. The summed E-state index contributed by atoms with van der Waals surface area (Å²) in [5, 5.41) is 11.9. The number of benzene rings is 2. The number of aryl methyl sites for hydroxylation is 1. The van der Waals surface area contributed by atoms with Crippen LogP contribution in [0.25, 0.3) is 0 Å². The van der Waals surface area contributed by atoms with Gasteiger partial charge in [-0.2, -0.15) is 0 Å². The summed E-state index contributed by atoms with van der Waals surface area (Å²) in [6.45, 7) is 4.42. The van der Waals surface area contributed by atoms with Crippen molar-refractivity contribution in [3.8, 4) is 0 Å². The molecule has 0 fully saturated rings. The van der Waals surface area contributed by atoms with Crippen LogP contribution in [0.3, 0.4) is 0 Å². The number of anilines is 1. The standard InChI is InChI=1S/C21H20N4O2S/c1-13-17-10-16(8-9-18(17)22-20(13)27)19(26)12-28-21-24-23-14(2)25(21)11-15-6-4-3-5-7-15/h3-10,13H,11-12H2,1-2H3,(H,22,27)/t13-/m0/s1. The summed E-state index contributed by atoms with van der Waals surface area (Å²) >= 11 is 1.38. The van der Waals surface area contributed by atoms with Crippen molar-refractivity contribution in [2.24, 2.45) is 0 Å². The number of nitrogens with zero attached hydrogens (tertiary/aromatic N) is 3. The normalized spacial score (nSPS) is 15.4. The fraction of sp³-hybridized carbons (Fsp3) is 0.238. The number of ketones is 1. The van der Waals surface area contributed by atoms with Crippen molar-refractivity contribution in [2.45, 2.75) is 31.5 Å². The molecule has 0 bridgehead atoms. The van der Waals surface area contributed by atoms with Crippen molar-refractivity contribution in [3.63, 3.8) is 0 Å². The molecule has 0 unspecified atom stereocenters. The summed E-state index contributed by atoms with van der Waals surface area (Å²) in [7, 11) is 0. The first-order valence-electron chi connectivity index (χ1n) is 9.07. The summed E-state index contributed by atoms with van der Waals surface area (Å²) in [4.78, 5) is 24.5. The van der Waals surface area contributed by atoms with E-state index in [0.29, 0.717) is 12.1 Å². The molecular formula is C21H20N4O2S. The van der Waals surface area contributed by atoms with Gasteiger partial charge >= 0.3 is 0 Å². The number of hydrogen-bond acceptors (Lipinski definition) is 5. The second-order valence-corrected chi connectivity index (χ2v) is 7.77. The molecule has 2 heterocycles. The Morgan fingerprint density at radius 2 is 1.96 bits per heavy atom. The van der Waals surface area contributed by atoms with Crippen LogP contribution in [0.4, 0.5) is 5.69 Å². The van der Waals surface area contributed by atoms with Crippen molar-refractivity contribution >= 4 is 29.1 Å². The van der Waals surface area contributed by atoms with Crippen LogP contribution in [-0.2, 0) is 11.3 Å². The minimum absolute atomic E-state index is 0.00580. The van der Waals surface area contributed by atoms with Crippen molar-refractivity contribution in [2.75, 3.05) is 11.1 Å². The van der Waals surface area contributed by atoms with Crippen LogP contribution in [0.15, 0.2) is 53.7 Å². The minimum Gasteiger partial charge on any atom is -0.325 e. The molecular weight excluding hydrogens is 372 g/mol. The van der Waals surface area contributed by atoms with Crippen LogP contribution in [0.1, 0.15) is 40.2 Å². The molecule has 0 saturated carbocycles. The topological polar surface area (TPSA) is 76.9 Å². The molecule has 1 aliphatic heterocycles. The lowest BCUT2D eigenvalue weighted by Crippen LogP contribution is -2.08. The maximum atomic E-state index is 12.7. The number of carbonyl (C=O) groups is 2. The highest BCUT2D eigenvalue weighted by Gasteiger charge is 2.27. The fourth-order valence-electron chi connectivity index (χ4n) is 3.22. The second-order valence-electron chi connectivity index (χ2n) is 6.83. The number of Topliss-reactive ketones (excluding diaryl/α,β-unsaturated/α-hetero) is 1. The van der Waals surface area contributed by atoms with E-state index in [4.69, 9.17) is 0 Å². The number of rotatable bonds is 6. The molecule has 0 radical (unpaired) electrons. The van der Waals surface area contributed by atoms with Crippen LogP contribution in [-0.4, -0.2) is 32.2 Å². The molecule has 0 saturated heterocycles.